The molecule has 0 saturated carbocycles. The Kier molecular flexibility index (Phi) is 19.0. The maximum Gasteiger partial charge on any atom is 0.327 e. The van der Waals surface area contributed by atoms with Gasteiger partial charge in [0.1, 0.15) is 53.7 Å². The van der Waals surface area contributed by atoms with E-state index < -0.39 is 17.9 Å². The topological polar surface area (TPSA) is 345 Å². The lowest BCUT2D eigenvalue weighted by atomic mass is 10.1. The molecular formula is C53H55BrF2N18O11S. The molecule has 3 saturated heterocycles. The van der Waals surface area contributed by atoms with Crippen molar-refractivity contribution >= 4 is 62.1 Å². The zero-order valence-electron chi connectivity index (χ0n) is 46.0. The average Bonchev–Trinajstić information content (AvgIpc) is 4.46. The summed E-state index contributed by atoms with van der Waals surface area (Å²) < 4.78 is 57.4. The number of halogens is 3. The van der Waals surface area contributed by atoms with Crippen molar-refractivity contribution in [3.05, 3.63) is 106 Å². The van der Waals surface area contributed by atoms with Crippen molar-refractivity contribution < 1.29 is 61.7 Å². The van der Waals surface area contributed by atoms with Crippen molar-refractivity contribution in [3.8, 4) is 51.2 Å². The summed E-state index contributed by atoms with van der Waals surface area (Å²) in [5, 5.41) is 71.2. The first-order valence-electron chi connectivity index (χ1n) is 26.9. The van der Waals surface area contributed by atoms with Crippen molar-refractivity contribution in [3.63, 3.8) is 0 Å². The lowest BCUT2D eigenvalue weighted by molar-refractivity contribution is -0.139. The Labute approximate surface area is 499 Å². The number of hydrogen-bond acceptors (Lipinski definition) is 24. The van der Waals surface area contributed by atoms with Crippen molar-refractivity contribution in [1.29, 1.82) is 0 Å². The maximum absolute atomic E-state index is 13.4. The fourth-order valence-electron chi connectivity index (χ4n) is 9.19. The number of tetrazole rings is 2. The zero-order valence-corrected chi connectivity index (χ0v) is 48.4. The number of carboxylic acids is 3. The maximum atomic E-state index is 13.4. The number of rotatable bonds is 18. The number of carboxylic acid groups (broad SMARTS) is 3. The number of ether oxygens (including phenoxy) is 3. The monoisotopic (exact) mass is 1270 g/mol. The number of anilines is 3. The number of piperidine rings is 3. The van der Waals surface area contributed by atoms with Crippen LogP contribution in [0.1, 0.15) is 49.7 Å². The number of carbonyl (C=O) groups is 3. The Bertz CT molecular complexity index is 3600. The minimum atomic E-state index is -1.06. The van der Waals surface area contributed by atoms with Crippen LogP contribution in [0.5, 0.6) is 17.2 Å². The molecule has 86 heavy (non-hydrogen) atoms. The second-order valence-electron chi connectivity index (χ2n) is 19.9. The molecule has 9 aromatic rings. The summed E-state index contributed by atoms with van der Waals surface area (Å²) in [5.41, 5.74) is 2.46. The molecule has 29 nitrogen and oxygen atoms in total. The summed E-state index contributed by atoms with van der Waals surface area (Å²) in [6.45, 7) is 7.33. The second kappa shape index (κ2) is 27.5. The highest BCUT2D eigenvalue weighted by Crippen LogP contribution is 2.33. The molecule has 3 aliphatic heterocycles. The summed E-state index contributed by atoms with van der Waals surface area (Å²) >= 11 is 4.74. The van der Waals surface area contributed by atoms with Crippen LogP contribution in [-0.2, 0) is 34.0 Å². The molecule has 3 fully saturated rings. The van der Waals surface area contributed by atoms with Crippen LogP contribution in [0.2, 0.25) is 0 Å². The number of aromatic nitrogens is 15. The Morgan fingerprint density at radius 2 is 1.19 bits per heavy atom. The molecule has 6 aromatic heterocycles. The third-order valence-corrected chi connectivity index (χ3v) is 15.2. The van der Waals surface area contributed by atoms with Gasteiger partial charge in [0.2, 0.25) is 22.5 Å². The average molecular weight is 1270 g/mol. The fraction of sp³-hybridized carbons (Fsp3) is 0.377. The van der Waals surface area contributed by atoms with E-state index >= 15 is 0 Å². The van der Waals surface area contributed by atoms with E-state index in [1.165, 1.54) is 40.3 Å². The quantitative estimate of drug-likeness (QED) is 0.0824. The zero-order chi connectivity index (χ0) is 60.3. The van der Waals surface area contributed by atoms with Gasteiger partial charge in [-0.3, -0.25) is 19.1 Å². The molecule has 3 aromatic carbocycles. The van der Waals surface area contributed by atoms with Crippen molar-refractivity contribution in [2.75, 3.05) is 54.0 Å². The van der Waals surface area contributed by atoms with Gasteiger partial charge in [-0.1, -0.05) is 40.8 Å². The fourth-order valence-corrected chi connectivity index (χ4v) is 10.3. The van der Waals surface area contributed by atoms with Gasteiger partial charge in [0.25, 0.3) is 11.8 Å². The normalized spacial score (nSPS) is 14.9. The molecule has 33 heteroatoms. The highest BCUT2D eigenvalue weighted by molar-refractivity contribution is 9.10. The van der Waals surface area contributed by atoms with Gasteiger partial charge in [0, 0.05) is 102 Å². The van der Waals surface area contributed by atoms with Gasteiger partial charge >= 0.3 is 17.9 Å². The molecule has 3 aliphatic rings. The number of nitrogens with zero attached hydrogens (tertiary/aromatic N) is 18. The Balaban J connectivity index is 0.000000143. The standard InChI is InChI=1S/C18H17BrFN5O4.C18H19FN6O4.C17H19N7O3S/c19-13-2-1-11(20)9-15(13)28-12-3-6-24(7-4-12)18-21-17(29-23-18)14-5-8-25(22-14)10-16(26)27;1-11-2-3-12(19)8-14(11)28-13-4-6-24(7-5-13)16-9-15(29-22-16)18-20-23-25(21-18)10-17(26)27;1-11-4-2-3-5-13(11)27-12-6-8-23(9-7-12)17-20-19-16(28-17)15-18-22-24(21-15)10-14(25)26/h1-2,5,8-9,12H,3-4,6-7,10H2,(H,26,27);2-3,8-9,13H,4-7,10H2,1H3,(H,26,27);2-5,12H,6-10H2,1H3,(H,25,26). The smallest absolute Gasteiger partial charge is 0.327 e. The Hall–Kier alpha value is -9.53. The lowest BCUT2D eigenvalue weighted by Gasteiger charge is -2.32. The molecule has 0 bridgehead atoms. The molecule has 0 amide bonds. The first kappa shape index (κ1) is 59.6. The predicted octanol–water partition coefficient (Wildman–Crippen LogP) is 6.51. The van der Waals surface area contributed by atoms with E-state index in [1.807, 2.05) is 47.9 Å². The molecule has 0 spiro atoms. The predicted molar refractivity (Wildman–Crippen MR) is 302 cm³/mol. The largest absolute Gasteiger partial charge is 0.490 e. The molecule has 12 rings (SSSR count). The van der Waals surface area contributed by atoms with E-state index in [-0.39, 0.29) is 67.1 Å². The van der Waals surface area contributed by atoms with E-state index in [2.05, 4.69) is 82.2 Å². The highest BCUT2D eigenvalue weighted by atomic mass is 79.9. The summed E-state index contributed by atoms with van der Waals surface area (Å²) in [6, 6.07) is 20.3. The molecule has 0 unspecified atom stereocenters. The van der Waals surface area contributed by atoms with E-state index in [9.17, 15) is 23.2 Å². The third kappa shape index (κ3) is 15.8. The number of para-hydroxylation sites is 1. The number of aliphatic carboxylic acids is 3. The van der Waals surface area contributed by atoms with Crippen LogP contribution in [0, 0.1) is 25.5 Å². The minimum Gasteiger partial charge on any atom is -0.490 e. The summed E-state index contributed by atoms with van der Waals surface area (Å²) in [7, 11) is 0. The number of hydrogen-bond donors (Lipinski definition) is 3. The van der Waals surface area contributed by atoms with Crippen LogP contribution in [0.15, 0.2) is 92.5 Å². The third-order valence-electron chi connectivity index (χ3n) is 13.6. The van der Waals surface area contributed by atoms with Gasteiger partial charge in [-0.15, -0.1) is 30.6 Å². The van der Waals surface area contributed by atoms with Crippen LogP contribution in [0.25, 0.3) is 34.0 Å². The molecule has 0 atom stereocenters. The Morgan fingerprint density at radius 3 is 1.85 bits per heavy atom. The molecule has 450 valence electrons. The SMILES string of the molecule is Cc1ccc(F)cc1OC1CCN(c2cc(-c3nnn(CC(=O)O)n3)on2)CC1.Cc1ccccc1OC1CCN(c2nnc(-c3nnn(CC(=O)O)n3)s2)CC1.O=C(O)Cn1ccc(-c2nc(N3CCC(Oc4cc(F)ccc4Br)CC3)no2)n1. The van der Waals surface area contributed by atoms with E-state index in [1.54, 1.807) is 30.5 Å². The van der Waals surface area contributed by atoms with E-state index in [0.29, 0.717) is 70.4 Å². The van der Waals surface area contributed by atoms with Crippen molar-refractivity contribution in [1.82, 2.24) is 75.7 Å². The van der Waals surface area contributed by atoms with E-state index in [4.69, 9.17) is 38.6 Å². The lowest BCUT2D eigenvalue weighted by Crippen LogP contribution is -2.38. The first-order chi connectivity index (χ1) is 41.5. The van der Waals surface area contributed by atoms with Crippen molar-refractivity contribution in [2.45, 2.75) is 90.3 Å². The van der Waals surface area contributed by atoms with Gasteiger partial charge in [0.05, 0.1) is 4.47 Å². The second-order valence-corrected chi connectivity index (χ2v) is 21.7. The summed E-state index contributed by atoms with van der Waals surface area (Å²) in [5.74, 6) is 0.333. The first-order valence-corrected chi connectivity index (χ1v) is 28.6. The van der Waals surface area contributed by atoms with Gasteiger partial charge in [0.15, 0.2) is 29.6 Å². The van der Waals surface area contributed by atoms with Crippen LogP contribution in [-0.4, -0.2) is 166 Å². The van der Waals surface area contributed by atoms with Crippen LogP contribution < -0.4 is 28.9 Å². The van der Waals surface area contributed by atoms with Gasteiger partial charge in [-0.2, -0.15) is 19.7 Å². The molecular weight excluding hydrogens is 1210 g/mol. The van der Waals surface area contributed by atoms with E-state index in [0.717, 1.165) is 83.2 Å². The Morgan fingerprint density at radius 1 is 0.616 bits per heavy atom. The van der Waals surface area contributed by atoms with Crippen LogP contribution >= 0.6 is 27.3 Å². The summed E-state index contributed by atoms with van der Waals surface area (Å²) in [6.07, 6.45) is 6.43. The van der Waals surface area contributed by atoms with Gasteiger partial charge in [-0.05, 0) is 86.8 Å². The van der Waals surface area contributed by atoms with Gasteiger partial charge in [-0.25, -0.2) is 8.78 Å². The number of benzene rings is 3. The summed E-state index contributed by atoms with van der Waals surface area (Å²) in [4.78, 5) is 44.7. The highest BCUT2D eigenvalue weighted by Gasteiger charge is 2.28. The van der Waals surface area contributed by atoms with Crippen LogP contribution in [0.3, 0.4) is 0 Å². The molecule has 9 heterocycles. The number of aryl methyl sites for hydroxylation is 2. The molecule has 0 aliphatic carbocycles. The van der Waals surface area contributed by atoms with Crippen LogP contribution in [0.4, 0.5) is 25.7 Å². The van der Waals surface area contributed by atoms with Crippen molar-refractivity contribution in [2.24, 2.45) is 0 Å². The molecule has 0 radical (unpaired) electrons. The van der Waals surface area contributed by atoms with Gasteiger partial charge < -0.3 is 53.3 Å². The molecule has 3 N–H and O–H groups in total. The minimum absolute atomic E-state index is 0.00398.